The molecule has 0 heterocycles. The van der Waals surface area contributed by atoms with E-state index in [-0.39, 0.29) is 6.04 Å². The van der Waals surface area contributed by atoms with E-state index in [9.17, 15) is 4.79 Å². The van der Waals surface area contributed by atoms with Gasteiger partial charge in [0, 0.05) is 0 Å². The van der Waals surface area contributed by atoms with E-state index in [1.54, 1.807) is 13.8 Å². The van der Waals surface area contributed by atoms with Crippen LogP contribution in [0.2, 0.25) is 0 Å². The van der Waals surface area contributed by atoms with Crippen LogP contribution in [0.15, 0.2) is 0 Å². The van der Waals surface area contributed by atoms with Crippen molar-refractivity contribution in [1.82, 2.24) is 5.32 Å². The molecule has 0 saturated carbocycles. The lowest BCUT2D eigenvalue weighted by atomic mass is 10.1. The van der Waals surface area contributed by atoms with E-state index in [0.717, 1.165) is 0 Å². The Morgan fingerprint density at radius 1 is 1.73 bits per heavy atom. The molecular weight excluding hydrogens is 144 g/mol. The fourth-order valence-electron chi connectivity index (χ4n) is 0.576. The van der Waals surface area contributed by atoms with Crippen molar-refractivity contribution < 1.29 is 9.90 Å². The van der Waals surface area contributed by atoms with E-state index in [0.29, 0.717) is 0 Å². The maximum atomic E-state index is 10.1. The van der Waals surface area contributed by atoms with Crippen LogP contribution in [0.3, 0.4) is 0 Å². The first-order valence-electron chi connectivity index (χ1n) is 3.25. The summed E-state index contributed by atoms with van der Waals surface area (Å²) in [5.74, 6) is 5.27. The summed E-state index contributed by atoms with van der Waals surface area (Å²) >= 11 is 0. The normalized spacial score (nSPS) is 14.1. The summed E-state index contributed by atoms with van der Waals surface area (Å²) in [5, 5.41) is 10.5. The van der Waals surface area contributed by atoms with Crippen molar-refractivity contribution in [3.05, 3.63) is 0 Å². The molecule has 0 spiro atoms. The van der Waals surface area contributed by atoms with E-state index >= 15 is 0 Å². The van der Waals surface area contributed by atoms with Gasteiger partial charge in [-0.25, -0.2) is 4.79 Å². The lowest BCUT2D eigenvalue weighted by molar-refractivity contribution is 0.190. The van der Waals surface area contributed by atoms with Crippen LogP contribution in [0.25, 0.3) is 0 Å². The molecule has 0 aromatic rings. The highest BCUT2D eigenvalue weighted by molar-refractivity contribution is 5.65. The fraction of sp³-hybridized carbons (Fsp3) is 0.571. The molecule has 0 aliphatic carbocycles. The van der Waals surface area contributed by atoms with Gasteiger partial charge in [0.25, 0.3) is 0 Å². The minimum atomic E-state index is -1.08. The van der Waals surface area contributed by atoms with Gasteiger partial charge in [0.15, 0.2) is 0 Å². The van der Waals surface area contributed by atoms with E-state index in [4.69, 9.17) is 10.8 Å². The third-order valence-electron chi connectivity index (χ3n) is 1.20. The molecule has 4 heteroatoms. The highest BCUT2D eigenvalue weighted by Crippen LogP contribution is 1.86. The molecular formula is C7H12N2O2. The average Bonchev–Trinajstić information content (AvgIpc) is 1.86. The summed E-state index contributed by atoms with van der Waals surface area (Å²) < 4.78 is 0. The van der Waals surface area contributed by atoms with Crippen molar-refractivity contribution in [2.24, 2.45) is 5.73 Å². The summed E-state index contributed by atoms with van der Waals surface area (Å²) in [6.45, 7) is 3.33. The first-order valence-corrected chi connectivity index (χ1v) is 3.25. The van der Waals surface area contributed by atoms with Crippen molar-refractivity contribution in [2.75, 3.05) is 0 Å². The number of nitrogens with one attached hydrogen (secondary N) is 1. The van der Waals surface area contributed by atoms with Crippen molar-refractivity contribution in [3.8, 4) is 11.8 Å². The lowest BCUT2D eigenvalue weighted by Crippen LogP contribution is -2.44. The Bertz CT molecular complexity index is 192. The van der Waals surface area contributed by atoms with E-state index in [1.165, 1.54) is 0 Å². The van der Waals surface area contributed by atoms with Crippen LogP contribution in [-0.2, 0) is 0 Å². The number of carbonyl (C=O) groups is 1. The summed E-state index contributed by atoms with van der Waals surface area (Å²) in [6, 6.07) is -0.768. The van der Waals surface area contributed by atoms with Gasteiger partial charge in [0.05, 0.1) is 12.1 Å². The standard InChI is InChI=1S/C7H12N2O2/c1-3-4-6(8)5(2)9-7(10)11/h5-6,9H,8H2,1-2H3,(H,10,11). The number of nitrogens with two attached hydrogens (primary N) is 1. The molecule has 0 rings (SSSR count). The average molecular weight is 156 g/mol. The van der Waals surface area contributed by atoms with Crippen LogP contribution >= 0.6 is 0 Å². The van der Waals surface area contributed by atoms with Crippen molar-refractivity contribution in [1.29, 1.82) is 0 Å². The number of hydrogen-bond donors (Lipinski definition) is 3. The van der Waals surface area contributed by atoms with Gasteiger partial charge in [-0.15, -0.1) is 5.92 Å². The monoisotopic (exact) mass is 156 g/mol. The molecule has 2 atom stereocenters. The molecule has 2 unspecified atom stereocenters. The predicted molar refractivity (Wildman–Crippen MR) is 42.0 cm³/mol. The first kappa shape index (κ1) is 9.79. The fourth-order valence-corrected chi connectivity index (χ4v) is 0.576. The summed E-state index contributed by atoms with van der Waals surface area (Å²) in [7, 11) is 0. The molecule has 0 fully saturated rings. The Hall–Kier alpha value is -1.21. The Morgan fingerprint density at radius 3 is 2.64 bits per heavy atom. The van der Waals surface area contributed by atoms with Gasteiger partial charge in [0.2, 0.25) is 0 Å². The highest BCUT2D eigenvalue weighted by atomic mass is 16.4. The van der Waals surface area contributed by atoms with Gasteiger partial charge in [-0.1, -0.05) is 5.92 Å². The largest absolute Gasteiger partial charge is 0.465 e. The van der Waals surface area contributed by atoms with Gasteiger partial charge in [-0.3, -0.25) is 0 Å². The maximum absolute atomic E-state index is 10.1. The summed E-state index contributed by atoms with van der Waals surface area (Å²) in [6.07, 6.45) is -1.08. The topological polar surface area (TPSA) is 75.3 Å². The van der Waals surface area contributed by atoms with Crippen LogP contribution in [-0.4, -0.2) is 23.3 Å². The smallest absolute Gasteiger partial charge is 0.404 e. The number of carboxylic acid groups (broad SMARTS) is 1. The van der Waals surface area contributed by atoms with Gasteiger partial charge in [-0.05, 0) is 13.8 Å². The van der Waals surface area contributed by atoms with Crippen molar-refractivity contribution in [3.63, 3.8) is 0 Å². The second-order valence-electron chi connectivity index (χ2n) is 2.16. The minimum Gasteiger partial charge on any atom is -0.465 e. The molecule has 0 bridgehead atoms. The van der Waals surface area contributed by atoms with Crippen LogP contribution in [0.1, 0.15) is 13.8 Å². The Labute approximate surface area is 65.8 Å². The summed E-state index contributed by atoms with van der Waals surface area (Å²) in [5.41, 5.74) is 5.48. The van der Waals surface area contributed by atoms with Crippen LogP contribution in [0.4, 0.5) is 4.79 Å². The third-order valence-corrected chi connectivity index (χ3v) is 1.20. The number of rotatable bonds is 2. The molecule has 0 aromatic heterocycles. The number of hydrogen-bond acceptors (Lipinski definition) is 2. The molecule has 0 aromatic carbocycles. The van der Waals surface area contributed by atoms with Gasteiger partial charge >= 0.3 is 6.09 Å². The molecule has 62 valence electrons. The molecule has 0 saturated heterocycles. The van der Waals surface area contributed by atoms with Crippen molar-refractivity contribution in [2.45, 2.75) is 25.9 Å². The zero-order valence-corrected chi connectivity index (χ0v) is 6.59. The molecule has 0 aliphatic heterocycles. The SMILES string of the molecule is CC#CC(N)C(C)NC(=O)O. The predicted octanol–water partition coefficient (Wildman–Crippen LogP) is -0.00690. The summed E-state index contributed by atoms with van der Waals surface area (Å²) in [4.78, 5) is 10.1. The lowest BCUT2D eigenvalue weighted by Gasteiger charge is -2.13. The maximum Gasteiger partial charge on any atom is 0.404 e. The van der Waals surface area contributed by atoms with Gasteiger partial charge < -0.3 is 16.2 Å². The Balaban J connectivity index is 3.88. The molecule has 0 aliphatic rings. The molecule has 11 heavy (non-hydrogen) atoms. The van der Waals surface area contributed by atoms with Crippen LogP contribution in [0, 0.1) is 11.8 Å². The van der Waals surface area contributed by atoms with Gasteiger partial charge in [0.1, 0.15) is 0 Å². The molecule has 0 radical (unpaired) electrons. The van der Waals surface area contributed by atoms with E-state index in [1.807, 2.05) is 0 Å². The zero-order valence-electron chi connectivity index (χ0n) is 6.59. The van der Waals surface area contributed by atoms with Crippen LogP contribution in [0.5, 0.6) is 0 Å². The second kappa shape index (κ2) is 4.58. The number of amides is 1. The molecule has 4 N–H and O–H groups in total. The van der Waals surface area contributed by atoms with Crippen molar-refractivity contribution >= 4 is 6.09 Å². The Kier molecular flexibility index (Phi) is 4.08. The van der Waals surface area contributed by atoms with Crippen LogP contribution < -0.4 is 11.1 Å². The molecule has 1 amide bonds. The molecule has 4 nitrogen and oxygen atoms in total. The third kappa shape index (κ3) is 4.23. The minimum absolute atomic E-state index is 0.333. The van der Waals surface area contributed by atoms with E-state index in [2.05, 4.69) is 17.2 Å². The second-order valence-corrected chi connectivity index (χ2v) is 2.16. The first-order chi connectivity index (χ1) is 5.07. The van der Waals surface area contributed by atoms with Gasteiger partial charge in [-0.2, -0.15) is 0 Å². The highest BCUT2D eigenvalue weighted by Gasteiger charge is 2.11. The zero-order chi connectivity index (χ0) is 8.85. The van der Waals surface area contributed by atoms with E-state index < -0.39 is 12.1 Å². The Morgan fingerprint density at radius 2 is 2.27 bits per heavy atom. The quantitative estimate of drug-likeness (QED) is 0.492.